The van der Waals surface area contributed by atoms with Gasteiger partial charge in [-0.25, -0.2) is 4.79 Å². The van der Waals surface area contributed by atoms with Crippen LogP contribution in [0.4, 0.5) is 4.79 Å². The molecule has 0 spiro atoms. The topological polar surface area (TPSA) is 32.3 Å². The standard InChI is InChI=1S/C8H16N2O/c1-4-7-6(3)9-8(11)10(7)5-2/h6-7H,4-5H2,1-3H3,(H,9,11)/t6-,7+/m0/s1. The van der Waals surface area contributed by atoms with Crippen molar-refractivity contribution in [3.05, 3.63) is 0 Å². The molecule has 0 bridgehead atoms. The number of hydrogen-bond donors (Lipinski definition) is 1. The minimum Gasteiger partial charge on any atom is -0.333 e. The lowest BCUT2D eigenvalue weighted by Crippen LogP contribution is -2.34. The summed E-state index contributed by atoms with van der Waals surface area (Å²) in [5.41, 5.74) is 0. The Balaban J connectivity index is 2.66. The van der Waals surface area contributed by atoms with Gasteiger partial charge in [-0.05, 0) is 20.3 Å². The summed E-state index contributed by atoms with van der Waals surface area (Å²) in [6, 6.07) is 0.798. The number of carbonyl (C=O) groups is 1. The molecule has 1 aliphatic heterocycles. The van der Waals surface area contributed by atoms with Crippen LogP contribution in [0.1, 0.15) is 27.2 Å². The van der Waals surface area contributed by atoms with Crippen LogP contribution in [0.15, 0.2) is 0 Å². The van der Waals surface area contributed by atoms with E-state index in [9.17, 15) is 4.79 Å². The fourth-order valence-corrected chi connectivity index (χ4v) is 1.75. The summed E-state index contributed by atoms with van der Waals surface area (Å²) in [6.07, 6.45) is 1.04. The minimum atomic E-state index is 0.0897. The summed E-state index contributed by atoms with van der Waals surface area (Å²) in [5.74, 6) is 0. The molecule has 2 amide bonds. The molecular formula is C8H16N2O. The molecule has 1 saturated heterocycles. The highest BCUT2D eigenvalue weighted by molar-refractivity contribution is 5.77. The van der Waals surface area contributed by atoms with E-state index in [4.69, 9.17) is 0 Å². The minimum absolute atomic E-state index is 0.0897. The van der Waals surface area contributed by atoms with Crippen LogP contribution in [-0.2, 0) is 0 Å². The van der Waals surface area contributed by atoms with Crippen LogP contribution in [0.3, 0.4) is 0 Å². The molecule has 0 saturated carbocycles. The molecule has 0 radical (unpaired) electrons. The molecule has 64 valence electrons. The largest absolute Gasteiger partial charge is 0.333 e. The summed E-state index contributed by atoms with van der Waals surface area (Å²) in [6.45, 7) is 7.00. The molecule has 0 aromatic rings. The first-order chi connectivity index (χ1) is 5.20. The summed E-state index contributed by atoms with van der Waals surface area (Å²) in [7, 11) is 0. The van der Waals surface area contributed by atoms with Gasteiger partial charge in [0, 0.05) is 12.6 Å². The Morgan fingerprint density at radius 3 is 2.55 bits per heavy atom. The molecule has 0 aromatic carbocycles. The zero-order valence-electron chi connectivity index (χ0n) is 7.42. The Morgan fingerprint density at radius 2 is 2.18 bits per heavy atom. The molecule has 1 heterocycles. The average Bonchev–Trinajstić information content (AvgIpc) is 2.24. The van der Waals surface area contributed by atoms with Gasteiger partial charge in [0.2, 0.25) is 0 Å². The maximum absolute atomic E-state index is 11.2. The number of amides is 2. The first-order valence-electron chi connectivity index (χ1n) is 4.27. The van der Waals surface area contributed by atoms with Crippen LogP contribution in [0, 0.1) is 0 Å². The second kappa shape index (κ2) is 3.11. The lowest BCUT2D eigenvalue weighted by molar-refractivity contribution is 0.204. The lowest BCUT2D eigenvalue weighted by Gasteiger charge is -2.21. The van der Waals surface area contributed by atoms with Crippen LogP contribution in [0.5, 0.6) is 0 Å². The molecular weight excluding hydrogens is 140 g/mol. The number of carbonyl (C=O) groups excluding carboxylic acids is 1. The second-order valence-corrected chi connectivity index (χ2v) is 3.00. The Kier molecular flexibility index (Phi) is 2.37. The van der Waals surface area contributed by atoms with Gasteiger partial charge in [0.05, 0.1) is 6.04 Å². The lowest BCUT2D eigenvalue weighted by atomic mass is 10.1. The fraction of sp³-hybridized carbons (Fsp3) is 0.875. The zero-order chi connectivity index (χ0) is 8.43. The van der Waals surface area contributed by atoms with Crippen molar-refractivity contribution in [2.45, 2.75) is 39.3 Å². The molecule has 0 unspecified atom stereocenters. The van der Waals surface area contributed by atoms with Crippen molar-refractivity contribution in [3.8, 4) is 0 Å². The summed E-state index contributed by atoms with van der Waals surface area (Å²) in [5, 5.41) is 2.91. The highest BCUT2D eigenvalue weighted by atomic mass is 16.2. The van der Waals surface area contributed by atoms with Gasteiger partial charge >= 0.3 is 6.03 Å². The summed E-state index contributed by atoms with van der Waals surface area (Å²) >= 11 is 0. The third-order valence-corrected chi connectivity index (χ3v) is 2.35. The van der Waals surface area contributed by atoms with E-state index in [1.54, 1.807) is 0 Å². The maximum Gasteiger partial charge on any atom is 0.317 e. The quantitative estimate of drug-likeness (QED) is 0.640. The van der Waals surface area contributed by atoms with Crippen LogP contribution < -0.4 is 5.32 Å². The monoisotopic (exact) mass is 156 g/mol. The van der Waals surface area contributed by atoms with E-state index in [1.165, 1.54) is 0 Å². The highest BCUT2D eigenvalue weighted by Crippen LogP contribution is 2.15. The Bertz CT molecular complexity index is 158. The van der Waals surface area contributed by atoms with Gasteiger partial charge in [0.25, 0.3) is 0 Å². The maximum atomic E-state index is 11.2. The van der Waals surface area contributed by atoms with Gasteiger partial charge in [-0.2, -0.15) is 0 Å². The molecule has 1 fully saturated rings. The van der Waals surface area contributed by atoms with Crippen molar-refractivity contribution < 1.29 is 4.79 Å². The molecule has 1 aliphatic rings. The van der Waals surface area contributed by atoms with Gasteiger partial charge in [-0.1, -0.05) is 6.92 Å². The van der Waals surface area contributed by atoms with Crippen LogP contribution in [0.25, 0.3) is 0 Å². The third-order valence-electron chi connectivity index (χ3n) is 2.35. The van der Waals surface area contributed by atoms with Crippen molar-refractivity contribution in [2.75, 3.05) is 6.54 Å². The van der Waals surface area contributed by atoms with E-state index in [1.807, 2.05) is 11.8 Å². The Morgan fingerprint density at radius 1 is 1.55 bits per heavy atom. The molecule has 1 rings (SSSR count). The second-order valence-electron chi connectivity index (χ2n) is 3.00. The first-order valence-corrected chi connectivity index (χ1v) is 4.27. The molecule has 3 nitrogen and oxygen atoms in total. The number of rotatable bonds is 2. The van der Waals surface area contributed by atoms with Gasteiger partial charge in [-0.15, -0.1) is 0 Å². The molecule has 3 heteroatoms. The van der Waals surface area contributed by atoms with E-state index in [0.717, 1.165) is 13.0 Å². The predicted octanol–water partition coefficient (Wildman–Crippen LogP) is 1.20. The number of nitrogens with zero attached hydrogens (tertiary/aromatic N) is 1. The van der Waals surface area contributed by atoms with Crippen LogP contribution >= 0.6 is 0 Å². The fourth-order valence-electron chi connectivity index (χ4n) is 1.75. The molecule has 11 heavy (non-hydrogen) atoms. The summed E-state index contributed by atoms with van der Waals surface area (Å²) in [4.78, 5) is 13.1. The van der Waals surface area contributed by atoms with E-state index < -0.39 is 0 Å². The Hall–Kier alpha value is -0.730. The van der Waals surface area contributed by atoms with E-state index in [-0.39, 0.29) is 6.03 Å². The summed E-state index contributed by atoms with van der Waals surface area (Å²) < 4.78 is 0. The van der Waals surface area contributed by atoms with Gasteiger partial charge in [0.15, 0.2) is 0 Å². The number of urea groups is 1. The normalized spacial score (nSPS) is 30.8. The number of hydrogen-bond acceptors (Lipinski definition) is 1. The third kappa shape index (κ3) is 1.32. The average molecular weight is 156 g/mol. The molecule has 2 atom stereocenters. The van der Waals surface area contributed by atoms with Crippen molar-refractivity contribution in [1.29, 1.82) is 0 Å². The van der Waals surface area contributed by atoms with E-state index >= 15 is 0 Å². The molecule has 0 aromatic heterocycles. The van der Waals surface area contributed by atoms with E-state index in [2.05, 4.69) is 19.2 Å². The van der Waals surface area contributed by atoms with Crippen molar-refractivity contribution in [2.24, 2.45) is 0 Å². The Labute approximate surface area is 67.8 Å². The molecule has 0 aliphatic carbocycles. The predicted molar refractivity (Wildman–Crippen MR) is 44.5 cm³/mol. The van der Waals surface area contributed by atoms with Gasteiger partial charge < -0.3 is 10.2 Å². The number of likely N-dealkylation sites (N-methyl/N-ethyl adjacent to an activating group) is 1. The smallest absolute Gasteiger partial charge is 0.317 e. The molecule has 1 N–H and O–H groups in total. The highest BCUT2D eigenvalue weighted by Gasteiger charge is 2.33. The van der Waals surface area contributed by atoms with Gasteiger partial charge in [0.1, 0.15) is 0 Å². The number of nitrogens with one attached hydrogen (secondary N) is 1. The van der Waals surface area contributed by atoms with Crippen molar-refractivity contribution in [3.63, 3.8) is 0 Å². The van der Waals surface area contributed by atoms with Crippen molar-refractivity contribution in [1.82, 2.24) is 10.2 Å². The van der Waals surface area contributed by atoms with Crippen LogP contribution in [-0.4, -0.2) is 29.6 Å². The van der Waals surface area contributed by atoms with Crippen molar-refractivity contribution >= 4 is 6.03 Å². The van der Waals surface area contributed by atoms with E-state index in [0.29, 0.717) is 12.1 Å². The zero-order valence-corrected chi connectivity index (χ0v) is 7.42. The van der Waals surface area contributed by atoms with Crippen LogP contribution in [0.2, 0.25) is 0 Å². The van der Waals surface area contributed by atoms with Gasteiger partial charge in [-0.3, -0.25) is 0 Å². The SMILES string of the molecule is CC[C@@H]1[C@H](C)NC(=O)N1CC. The first kappa shape index (κ1) is 8.37.